The number of benzene rings is 2. The van der Waals surface area contributed by atoms with Gasteiger partial charge in [0.05, 0.1) is 38.4 Å². The molecule has 1 aliphatic heterocycles. The van der Waals surface area contributed by atoms with Crippen LogP contribution in [0.3, 0.4) is 0 Å². The minimum atomic E-state index is -1.28. The summed E-state index contributed by atoms with van der Waals surface area (Å²) in [4.78, 5) is 29.7. The Morgan fingerprint density at radius 2 is 2.03 bits per heavy atom. The molecule has 1 amide bonds. The Morgan fingerprint density at radius 1 is 1.28 bits per heavy atom. The Labute approximate surface area is 182 Å². The summed E-state index contributed by atoms with van der Waals surface area (Å²) in [5.74, 6) is -2.27. The molecule has 0 saturated carbocycles. The van der Waals surface area contributed by atoms with Crippen LogP contribution < -0.4 is 9.64 Å². The highest BCUT2D eigenvalue weighted by molar-refractivity contribution is 7.19. The van der Waals surface area contributed by atoms with Crippen LogP contribution in [0.25, 0.3) is 10.2 Å². The number of amides is 1. The lowest BCUT2D eigenvalue weighted by molar-refractivity contribution is -0.142. The van der Waals surface area contributed by atoms with Gasteiger partial charge in [0.2, 0.25) is 0 Å². The van der Waals surface area contributed by atoms with Crippen LogP contribution in [0.4, 0.5) is 10.1 Å². The highest BCUT2D eigenvalue weighted by Crippen LogP contribution is 2.41. The van der Waals surface area contributed by atoms with Gasteiger partial charge in [-0.25, -0.2) is 9.37 Å². The fraction of sp³-hybridized carbons (Fsp3) is 0.167. The number of carboxylic acids is 1. The summed E-state index contributed by atoms with van der Waals surface area (Å²) in [7, 11) is 0. The zero-order valence-corrected chi connectivity index (χ0v) is 17.4. The van der Waals surface area contributed by atoms with Gasteiger partial charge < -0.3 is 9.84 Å². The largest absolute Gasteiger partial charge is 0.481 e. The number of hydrogen-bond acceptors (Lipinski definition) is 5. The quantitative estimate of drug-likeness (QED) is 0.527. The fourth-order valence-corrected chi connectivity index (χ4v) is 4.88. The third-order valence-electron chi connectivity index (χ3n) is 4.24. The lowest BCUT2D eigenvalue weighted by Gasteiger charge is -2.33. The number of aromatic nitrogens is 1. The maximum atomic E-state index is 13.6. The molecule has 1 atom stereocenters. The molecule has 0 fully saturated rings. The summed E-state index contributed by atoms with van der Waals surface area (Å²) in [6, 6.07) is 5.17. The number of thiazole rings is 1. The van der Waals surface area contributed by atoms with Gasteiger partial charge in [0.15, 0.2) is 6.10 Å². The van der Waals surface area contributed by atoms with Crippen LogP contribution in [-0.2, 0) is 16.1 Å². The second-order valence-electron chi connectivity index (χ2n) is 6.18. The SMILES string of the molecule is O=C(O)CC1Oc2cc(F)ccc2N(Cc2nc3c(Cl)cc(Cl)c(Cl)c3s2)C1=O. The smallest absolute Gasteiger partial charge is 0.307 e. The molecule has 3 aromatic rings. The number of carbonyl (C=O) groups excluding carboxylic acids is 1. The van der Waals surface area contributed by atoms with E-state index in [0.29, 0.717) is 31.0 Å². The normalized spacial score (nSPS) is 16.1. The molecule has 0 aliphatic carbocycles. The molecule has 0 radical (unpaired) electrons. The molecule has 4 rings (SSSR count). The summed E-state index contributed by atoms with van der Waals surface area (Å²) in [6.07, 6.45) is -1.84. The van der Waals surface area contributed by atoms with Gasteiger partial charge in [-0.2, -0.15) is 0 Å². The van der Waals surface area contributed by atoms with E-state index in [1.165, 1.54) is 34.4 Å². The molecular formula is C18H10Cl3FN2O4S. The van der Waals surface area contributed by atoms with E-state index in [0.717, 1.165) is 6.07 Å². The molecule has 1 aliphatic rings. The first-order chi connectivity index (χ1) is 13.7. The zero-order chi connectivity index (χ0) is 20.9. The van der Waals surface area contributed by atoms with Crippen molar-refractivity contribution in [3.05, 3.63) is 50.2 Å². The second kappa shape index (κ2) is 7.60. The van der Waals surface area contributed by atoms with Crippen molar-refractivity contribution in [2.45, 2.75) is 19.1 Å². The maximum Gasteiger partial charge on any atom is 0.307 e. The first kappa shape index (κ1) is 20.2. The summed E-state index contributed by atoms with van der Waals surface area (Å²) < 4.78 is 19.6. The van der Waals surface area contributed by atoms with Crippen LogP contribution in [0.5, 0.6) is 5.75 Å². The van der Waals surface area contributed by atoms with Crippen LogP contribution in [0, 0.1) is 5.82 Å². The van der Waals surface area contributed by atoms with E-state index in [-0.39, 0.29) is 17.3 Å². The van der Waals surface area contributed by atoms with E-state index >= 15 is 0 Å². The molecule has 1 N–H and O–H groups in total. The molecule has 0 bridgehead atoms. The van der Waals surface area contributed by atoms with E-state index in [4.69, 9.17) is 44.6 Å². The van der Waals surface area contributed by atoms with Gasteiger partial charge in [0.1, 0.15) is 22.1 Å². The van der Waals surface area contributed by atoms with Crippen molar-refractivity contribution in [1.29, 1.82) is 0 Å². The van der Waals surface area contributed by atoms with Gasteiger partial charge >= 0.3 is 5.97 Å². The molecule has 0 saturated heterocycles. The van der Waals surface area contributed by atoms with Crippen LogP contribution in [0.2, 0.25) is 15.1 Å². The molecule has 150 valence electrons. The number of fused-ring (bicyclic) bond motifs is 2. The van der Waals surface area contributed by atoms with Crippen molar-refractivity contribution in [3.63, 3.8) is 0 Å². The van der Waals surface area contributed by atoms with Gasteiger partial charge in [-0.1, -0.05) is 34.8 Å². The topological polar surface area (TPSA) is 79.7 Å². The van der Waals surface area contributed by atoms with Gasteiger partial charge in [-0.15, -0.1) is 11.3 Å². The Balaban J connectivity index is 1.76. The van der Waals surface area contributed by atoms with E-state index in [2.05, 4.69) is 4.98 Å². The maximum absolute atomic E-state index is 13.6. The number of hydrogen-bond donors (Lipinski definition) is 1. The molecule has 11 heteroatoms. The number of carbonyl (C=O) groups is 2. The minimum Gasteiger partial charge on any atom is -0.481 e. The first-order valence-corrected chi connectivity index (χ1v) is 10.1. The average Bonchev–Trinajstić information content (AvgIpc) is 3.07. The highest BCUT2D eigenvalue weighted by atomic mass is 35.5. The van der Waals surface area contributed by atoms with Crippen LogP contribution in [0.15, 0.2) is 24.3 Å². The second-order valence-corrected chi connectivity index (χ2v) is 8.46. The summed E-state index contributed by atoms with van der Waals surface area (Å²) in [6.45, 7) is 0.000564. The van der Waals surface area contributed by atoms with Crippen LogP contribution in [-0.4, -0.2) is 28.1 Å². The van der Waals surface area contributed by atoms with Crippen molar-refractivity contribution in [1.82, 2.24) is 4.98 Å². The molecule has 6 nitrogen and oxygen atoms in total. The molecule has 29 heavy (non-hydrogen) atoms. The summed E-state index contributed by atoms with van der Waals surface area (Å²) in [5, 5.41) is 10.5. The Morgan fingerprint density at radius 3 is 2.76 bits per heavy atom. The van der Waals surface area contributed by atoms with Crippen LogP contribution in [0.1, 0.15) is 11.4 Å². The predicted octanol–water partition coefficient (Wildman–Crippen LogP) is 5.16. The fourth-order valence-electron chi connectivity index (χ4n) is 2.98. The monoisotopic (exact) mass is 474 g/mol. The number of anilines is 1. The van der Waals surface area contributed by atoms with Crippen molar-refractivity contribution in [3.8, 4) is 5.75 Å². The Kier molecular flexibility index (Phi) is 5.29. The van der Waals surface area contributed by atoms with Crippen molar-refractivity contribution in [2.24, 2.45) is 0 Å². The summed E-state index contributed by atoms with van der Waals surface area (Å²) >= 11 is 19.7. The minimum absolute atomic E-state index is 0.000564. The van der Waals surface area contributed by atoms with Gasteiger partial charge in [-0.05, 0) is 18.2 Å². The molecule has 0 spiro atoms. The lowest BCUT2D eigenvalue weighted by atomic mass is 10.1. The molecule has 1 aromatic heterocycles. The Bertz CT molecular complexity index is 1170. The third kappa shape index (κ3) is 3.73. The van der Waals surface area contributed by atoms with Gasteiger partial charge in [0, 0.05) is 6.07 Å². The van der Waals surface area contributed by atoms with Crippen molar-refractivity contribution >= 4 is 73.9 Å². The first-order valence-electron chi connectivity index (χ1n) is 8.17. The molecule has 2 heterocycles. The molecular weight excluding hydrogens is 466 g/mol. The number of ether oxygens (including phenoxy) is 1. The lowest BCUT2D eigenvalue weighted by Crippen LogP contribution is -2.46. The van der Waals surface area contributed by atoms with E-state index in [1.54, 1.807) is 0 Å². The number of nitrogens with zero attached hydrogens (tertiary/aromatic N) is 2. The zero-order valence-electron chi connectivity index (χ0n) is 14.3. The average molecular weight is 476 g/mol. The van der Waals surface area contributed by atoms with E-state index in [9.17, 15) is 14.0 Å². The highest BCUT2D eigenvalue weighted by Gasteiger charge is 2.36. The summed E-state index contributed by atoms with van der Waals surface area (Å²) in [5.41, 5.74) is 0.760. The van der Waals surface area contributed by atoms with E-state index < -0.39 is 30.2 Å². The number of carboxylic acid groups (broad SMARTS) is 1. The van der Waals surface area contributed by atoms with Crippen LogP contribution >= 0.6 is 46.1 Å². The third-order valence-corrected chi connectivity index (χ3v) is 6.48. The van der Waals surface area contributed by atoms with Crippen molar-refractivity contribution in [2.75, 3.05) is 4.90 Å². The Hall–Kier alpha value is -2.13. The van der Waals surface area contributed by atoms with E-state index in [1.807, 2.05) is 0 Å². The molecule has 1 unspecified atom stereocenters. The predicted molar refractivity (Wildman–Crippen MR) is 109 cm³/mol. The number of aliphatic carboxylic acids is 1. The van der Waals surface area contributed by atoms with Gasteiger partial charge in [0.25, 0.3) is 5.91 Å². The molecule has 2 aromatic carbocycles. The number of halogens is 4. The standard InChI is InChI=1S/C18H10Cl3FN2O4S/c19-8-4-9(20)16-17(15(8)21)29-13(23-16)6-24-10-2-1-7(22)3-11(10)28-12(18(24)27)5-14(25)26/h1-4,12H,5-6H2,(H,25,26). The number of rotatable bonds is 4. The van der Waals surface area contributed by atoms with Crippen molar-refractivity contribution < 1.29 is 23.8 Å². The van der Waals surface area contributed by atoms with Gasteiger partial charge in [-0.3, -0.25) is 14.5 Å².